The van der Waals surface area contributed by atoms with E-state index in [1.54, 1.807) is 13.8 Å². The molecule has 0 spiro atoms. The molecule has 0 saturated carbocycles. The van der Waals surface area contributed by atoms with E-state index in [0.29, 0.717) is 0 Å². The van der Waals surface area contributed by atoms with E-state index in [0.717, 1.165) is 16.7 Å². The lowest BCUT2D eigenvalue weighted by atomic mass is 10.0. The molecular formula is C23H28N2O5. The van der Waals surface area contributed by atoms with Crippen LogP contribution in [0.4, 0.5) is 4.79 Å². The molecule has 0 aliphatic heterocycles. The minimum atomic E-state index is -1.14. The van der Waals surface area contributed by atoms with Gasteiger partial charge in [-0.2, -0.15) is 0 Å². The Hall–Kier alpha value is -3.35. The number of carbonyl (C=O) groups is 3. The topological polar surface area (TPSA) is 105 Å². The fourth-order valence-corrected chi connectivity index (χ4v) is 2.96. The van der Waals surface area contributed by atoms with Crippen LogP contribution in [-0.4, -0.2) is 35.2 Å². The maximum atomic E-state index is 12.7. The molecule has 0 radical (unpaired) electrons. The van der Waals surface area contributed by atoms with Crippen molar-refractivity contribution in [2.45, 2.75) is 45.9 Å². The highest BCUT2D eigenvalue weighted by molar-refractivity contribution is 5.89. The standard InChI is InChI=1S/C23H28N2O5/c1-15(2)20(25-23(29)30-14-17-9-5-4-6-10-17)21(26)24-19(22(27)28)13-18-11-7-8-16(3)12-18/h4-12,15,19-20H,13-14H2,1-3H3,(H,24,26)(H,25,29)(H,27,28)/t19-,20+/m1/s1. The number of carboxylic acid groups (broad SMARTS) is 1. The third kappa shape index (κ3) is 7.24. The van der Waals surface area contributed by atoms with Crippen molar-refractivity contribution in [3.63, 3.8) is 0 Å². The Balaban J connectivity index is 1.98. The summed E-state index contributed by atoms with van der Waals surface area (Å²) in [6.45, 7) is 5.51. The van der Waals surface area contributed by atoms with Crippen molar-refractivity contribution in [2.24, 2.45) is 5.92 Å². The lowest BCUT2D eigenvalue weighted by Crippen LogP contribution is -2.54. The van der Waals surface area contributed by atoms with E-state index < -0.39 is 30.1 Å². The van der Waals surface area contributed by atoms with Crippen molar-refractivity contribution in [2.75, 3.05) is 0 Å². The van der Waals surface area contributed by atoms with Gasteiger partial charge in [-0.15, -0.1) is 0 Å². The minimum Gasteiger partial charge on any atom is -0.480 e. The van der Waals surface area contributed by atoms with Gasteiger partial charge < -0.3 is 20.5 Å². The van der Waals surface area contributed by atoms with Gasteiger partial charge in [0, 0.05) is 6.42 Å². The molecule has 0 aliphatic rings. The van der Waals surface area contributed by atoms with Crippen molar-refractivity contribution < 1.29 is 24.2 Å². The number of carboxylic acids is 1. The first-order chi connectivity index (χ1) is 14.3. The average molecular weight is 412 g/mol. The van der Waals surface area contributed by atoms with E-state index in [4.69, 9.17) is 4.74 Å². The van der Waals surface area contributed by atoms with Crippen LogP contribution >= 0.6 is 0 Å². The zero-order valence-electron chi connectivity index (χ0n) is 17.4. The van der Waals surface area contributed by atoms with Gasteiger partial charge in [0.1, 0.15) is 18.7 Å². The molecule has 0 saturated heterocycles. The highest BCUT2D eigenvalue weighted by atomic mass is 16.5. The molecule has 2 aromatic rings. The lowest BCUT2D eigenvalue weighted by molar-refractivity contribution is -0.142. The molecule has 30 heavy (non-hydrogen) atoms. The number of nitrogens with one attached hydrogen (secondary N) is 2. The minimum absolute atomic E-state index is 0.0736. The second-order valence-electron chi connectivity index (χ2n) is 7.52. The number of carbonyl (C=O) groups excluding carboxylic acids is 2. The average Bonchev–Trinajstić information content (AvgIpc) is 2.70. The van der Waals surface area contributed by atoms with E-state index in [1.807, 2.05) is 61.5 Å². The zero-order chi connectivity index (χ0) is 22.1. The molecule has 0 bridgehead atoms. The number of rotatable bonds is 9. The van der Waals surface area contributed by atoms with E-state index in [1.165, 1.54) is 0 Å². The second kappa shape index (κ2) is 11.0. The van der Waals surface area contributed by atoms with Crippen molar-refractivity contribution in [3.05, 3.63) is 71.3 Å². The zero-order valence-corrected chi connectivity index (χ0v) is 17.4. The number of ether oxygens (including phenoxy) is 1. The van der Waals surface area contributed by atoms with Crippen LogP contribution in [0, 0.1) is 12.8 Å². The molecule has 2 amide bonds. The van der Waals surface area contributed by atoms with Gasteiger partial charge in [-0.05, 0) is 24.0 Å². The van der Waals surface area contributed by atoms with Gasteiger partial charge in [-0.1, -0.05) is 74.0 Å². The Morgan fingerprint density at radius 3 is 2.23 bits per heavy atom. The van der Waals surface area contributed by atoms with Crippen LogP contribution in [0.3, 0.4) is 0 Å². The number of benzene rings is 2. The number of alkyl carbamates (subject to hydrolysis) is 1. The van der Waals surface area contributed by atoms with Crippen LogP contribution in [0.1, 0.15) is 30.5 Å². The highest BCUT2D eigenvalue weighted by Crippen LogP contribution is 2.09. The summed E-state index contributed by atoms with van der Waals surface area (Å²) in [6.07, 6.45) is -0.593. The number of hydrogen-bond donors (Lipinski definition) is 3. The van der Waals surface area contributed by atoms with Crippen molar-refractivity contribution in [1.29, 1.82) is 0 Å². The molecule has 0 aliphatic carbocycles. The van der Waals surface area contributed by atoms with E-state index >= 15 is 0 Å². The SMILES string of the molecule is Cc1cccc(C[C@@H](NC(=O)[C@@H](NC(=O)OCc2ccccc2)C(C)C)C(=O)O)c1. The first-order valence-electron chi connectivity index (χ1n) is 9.82. The molecule has 7 heteroatoms. The van der Waals surface area contributed by atoms with Crippen molar-refractivity contribution in [3.8, 4) is 0 Å². The molecule has 2 aromatic carbocycles. The monoisotopic (exact) mass is 412 g/mol. The van der Waals surface area contributed by atoms with Crippen LogP contribution in [0.15, 0.2) is 54.6 Å². The predicted molar refractivity (Wildman–Crippen MR) is 113 cm³/mol. The number of amides is 2. The maximum Gasteiger partial charge on any atom is 0.408 e. The molecule has 2 rings (SSSR count). The molecule has 0 heterocycles. The maximum absolute atomic E-state index is 12.7. The van der Waals surface area contributed by atoms with Crippen LogP contribution in [-0.2, 0) is 27.4 Å². The van der Waals surface area contributed by atoms with Gasteiger partial charge in [0.2, 0.25) is 5.91 Å². The molecule has 0 aromatic heterocycles. The van der Waals surface area contributed by atoms with E-state index in [2.05, 4.69) is 10.6 Å². The summed E-state index contributed by atoms with van der Waals surface area (Å²) >= 11 is 0. The number of aryl methyl sites for hydroxylation is 1. The molecule has 0 fully saturated rings. The predicted octanol–water partition coefficient (Wildman–Crippen LogP) is 3.06. The van der Waals surface area contributed by atoms with Gasteiger partial charge >= 0.3 is 12.1 Å². The third-order valence-electron chi connectivity index (χ3n) is 4.57. The fourth-order valence-electron chi connectivity index (χ4n) is 2.96. The van der Waals surface area contributed by atoms with Gasteiger partial charge in [0.05, 0.1) is 0 Å². The number of hydrogen-bond acceptors (Lipinski definition) is 4. The van der Waals surface area contributed by atoms with Crippen LogP contribution in [0.2, 0.25) is 0 Å². The Morgan fingerprint density at radius 1 is 0.967 bits per heavy atom. The summed E-state index contributed by atoms with van der Waals surface area (Å²) < 4.78 is 5.17. The van der Waals surface area contributed by atoms with Gasteiger partial charge in [0.15, 0.2) is 0 Å². The summed E-state index contributed by atoms with van der Waals surface area (Å²) in [5.74, 6) is -1.97. The lowest BCUT2D eigenvalue weighted by Gasteiger charge is -2.24. The van der Waals surface area contributed by atoms with Crippen LogP contribution in [0.5, 0.6) is 0 Å². The molecule has 7 nitrogen and oxygen atoms in total. The molecule has 0 unspecified atom stereocenters. The normalized spacial score (nSPS) is 12.7. The van der Waals surface area contributed by atoms with Crippen molar-refractivity contribution >= 4 is 18.0 Å². The Morgan fingerprint density at radius 2 is 1.63 bits per heavy atom. The first-order valence-corrected chi connectivity index (χ1v) is 9.82. The largest absolute Gasteiger partial charge is 0.480 e. The van der Waals surface area contributed by atoms with Crippen molar-refractivity contribution in [1.82, 2.24) is 10.6 Å². The Labute approximate surface area is 176 Å². The summed E-state index contributed by atoms with van der Waals surface area (Å²) in [5.41, 5.74) is 2.63. The summed E-state index contributed by atoms with van der Waals surface area (Å²) in [6, 6.07) is 14.6. The smallest absolute Gasteiger partial charge is 0.408 e. The summed E-state index contributed by atoms with van der Waals surface area (Å²) in [5, 5.41) is 14.6. The summed E-state index contributed by atoms with van der Waals surface area (Å²) in [4.78, 5) is 36.5. The highest BCUT2D eigenvalue weighted by Gasteiger charge is 2.29. The van der Waals surface area contributed by atoms with E-state index in [-0.39, 0.29) is 18.9 Å². The van der Waals surface area contributed by atoms with Crippen LogP contribution < -0.4 is 10.6 Å². The molecule has 160 valence electrons. The number of aliphatic carboxylic acids is 1. The van der Waals surface area contributed by atoms with Gasteiger partial charge in [0.25, 0.3) is 0 Å². The second-order valence-corrected chi connectivity index (χ2v) is 7.52. The van der Waals surface area contributed by atoms with Gasteiger partial charge in [-0.3, -0.25) is 4.79 Å². The quantitative estimate of drug-likeness (QED) is 0.587. The molecule has 3 N–H and O–H groups in total. The summed E-state index contributed by atoms with van der Waals surface area (Å²) in [7, 11) is 0. The molecule has 2 atom stereocenters. The van der Waals surface area contributed by atoms with Gasteiger partial charge in [-0.25, -0.2) is 9.59 Å². The van der Waals surface area contributed by atoms with Crippen LogP contribution in [0.25, 0.3) is 0 Å². The van der Waals surface area contributed by atoms with E-state index in [9.17, 15) is 19.5 Å². The Bertz CT molecular complexity index is 867. The molecular weight excluding hydrogens is 384 g/mol. The fraction of sp³-hybridized carbons (Fsp3) is 0.348. The third-order valence-corrected chi connectivity index (χ3v) is 4.57. The Kier molecular flexibility index (Phi) is 8.41. The first kappa shape index (κ1) is 22.9.